The summed E-state index contributed by atoms with van der Waals surface area (Å²) in [6.07, 6.45) is 0.137. The van der Waals surface area contributed by atoms with Gasteiger partial charge < -0.3 is 14.5 Å². The van der Waals surface area contributed by atoms with Gasteiger partial charge in [0.1, 0.15) is 11.3 Å². The van der Waals surface area contributed by atoms with Crippen LogP contribution in [0.4, 0.5) is 5.82 Å². The number of carbonyl (C=O) groups is 2. The van der Waals surface area contributed by atoms with Crippen molar-refractivity contribution >= 4 is 28.7 Å². The van der Waals surface area contributed by atoms with Crippen LogP contribution in [-0.2, 0) is 9.53 Å². The van der Waals surface area contributed by atoms with Gasteiger partial charge in [-0.2, -0.15) is 5.10 Å². The summed E-state index contributed by atoms with van der Waals surface area (Å²) in [6.45, 7) is 1.83. The van der Waals surface area contributed by atoms with E-state index in [4.69, 9.17) is 9.15 Å². The number of aromatic amines is 1. The molecule has 0 saturated heterocycles. The van der Waals surface area contributed by atoms with Gasteiger partial charge in [0.2, 0.25) is 5.91 Å². The predicted molar refractivity (Wildman–Crippen MR) is 92.2 cm³/mol. The van der Waals surface area contributed by atoms with Gasteiger partial charge in [-0.1, -0.05) is 12.1 Å². The molecule has 2 N–H and O–H groups in total. The highest BCUT2D eigenvalue weighted by molar-refractivity contribution is 5.99. The molecule has 1 aliphatic heterocycles. The maximum atomic E-state index is 12.1. The van der Waals surface area contributed by atoms with Crippen LogP contribution < -0.4 is 10.9 Å². The zero-order chi connectivity index (χ0) is 18.4. The molecule has 0 radical (unpaired) electrons. The lowest BCUT2D eigenvalue weighted by atomic mass is 9.85. The molecule has 0 saturated carbocycles. The number of nitrogens with zero attached hydrogens (tertiary/aromatic N) is 1. The molecule has 3 aromatic rings. The fourth-order valence-electron chi connectivity index (χ4n) is 3.36. The van der Waals surface area contributed by atoms with Gasteiger partial charge in [0.25, 0.3) is 0 Å². The molecule has 1 aliphatic rings. The summed E-state index contributed by atoms with van der Waals surface area (Å²) in [7, 11) is 1.28. The van der Waals surface area contributed by atoms with E-state index < -0.39 is 17.5 Å². The molecule has 4 rings (SSSR count). The molecule has 0 spiro atoms. The second kappa shape index (κ2) is 5.83. The number of methoxy groups -OCH3 is 1. The zero-order valence-electron chi connectivity index (χ0n) is 14.1. The Kier molecular flexibility index (Phi) is 3.61. The molecule has 26 heavy (non-hydrogen) atoms. The van der Waals surface area contributed by atoms with Crippen LogP contribution in [0.5, 0.6) is 0 Å². The molecule has 1 amide bonds. The number of aryl methyl sites for hydroxylation is 1. The molecule has 1 aromatic carbocycles. The van der Waals surface area contributed by atoms with E-state index in [1.807, 2.05) is 19.1 Å². The van der Waals surface area contributed by atoms with Gasteiger partial charge in [0.15, 0.2) is 5.82 Å². The molecule has 8 heteroatoms. The van der Waals surface area contributed by atoms with Crippen LogP contribution in [0.25, 0.3) is 11.0 Å². The second-order valence-corrected chi connectivity index (χ2v) is 6.16. The smallest absolute Gasteiger partial charge is 0.356 e. The first-order valence-corrected chi connectivity index (χ1v) is 7.98. The van der Waals surface area contributed by atoms with E-state index in [0.29, 0.717) is 17.0 Å². The van der Waals surface area contributed by atoms with Crippen molar-refractivity contribution in [2.75, 3.05) is 12.4 Å². The Balaban J connectivity index is 1.90. The van der Waals surface area contributed by atoms with Crippen LogP contribution in [-0.4, -0.2) is 29.2 Å². The number of carbonyl (C=O) groups excluding carboxylic acids is 2. The van der Waals surface area contributed by atoms with Crippen LogP contribution in [0, 0.1) is 6.92 Å². The molecule has 132 valence electrons. The summed E-state index contributed by atoms with van der Waals surface area (Å²) in [5.41, 5.74) is 2.30. The Morgan fingerprint density at radius 3 is 2.88 bits per heavy atom. The number of esters is 1. The lowest BCUT2D eigenvalue weighted by Crippen LogP contribution is -2.24. The molecule has 1 atom stereocenters. The van der Waals surface area contributed by atoms with Crippen molar-refractivity contribution in [1.29, 1.82) is 0 Å². The molecular formula is C18H15N3O5. The average Bonchev–Trinajstić information content (AvgIpc) is 3.03. The first kappa shape index (κ1) is 16.1. The van der Waals surface area contributed by atoms with E-state index in [9.17, 15) is 14.4 Å². The number of nitrogens with one attached hydrogen (secondary N) is 2. The third kappa shape index (κ3) is 2.46. The summed E-state index contributed by atoms with van der Waals surface area (Å²) in [4.78, 5) is 35.8. The fraction of sp³-hybridized carbons (Fsp3) is 0.222. The number of fused-ring (bicyclic) bond motifs is 2. The number of anilines is 1. The van der Waals surface area contributed by atoms with E-state index in [2.05, 4.69) is 15.5 Å². The summed E-state index contributed by atoms with van der Waals surface area (Å²) >= 11 is 0. The first-order chi connectivity index (χ1) is 12.5. The van der Waals surface area contributed by atoms with Crippen LogP contribution in [0.3, 0.4) is 0 Å². The summed E-state index contributed by atoms with van der Waals surface area (Å²) < 4.78 is 10.1. The van der Waals surface area contributed by atoms with Crippen molar-refractivity contribution in [3.63, 3.8) is 0 Å². The van der Waals surface area contributed by atoms with Crippen molar-refractivity contribution in [3.05, 3.63) is 57.1 Å². The van der Waals surface area contributed by atoms with E-state index in [-0.39, 0.29) is 18.0 Å². The molecule has 0 aliphatic carbocycles. The Hall–Kier alpha value is -3.42. The van der Waals surface area contributed by atoms with Crippen molar-refractivity contribution in [2.45, 2.75) is 19.3 Å². The number of hydrogen-bond acceptors (Lipinski definition) is 6. The molecular weight excluding hydrogens is 338 g/mol. The highest BCUT2D eigenvalue weighted by atomic mass is 16.5. The van der Waals surface area contributed by atoms with Gasteiger partial charge in [-0.3, -0.25) is 9.89 Å². The number of aromatic nitrogens is 2. The van der Waals surface area contributed by atoms with E-state index in [1.54, 1.807) is 6.07 Å². The summed E-state index contributed by atoms with van der Waals surface area (Å²) in [6, 6.07) is 6.86. The van der Waals surface area contributed by atoms with Crippen LogP contribution >= 0.6 is 0 Å². The number of amides is 1. The minimum atomic E-state index is -0.567. The van der Waals surface area contributed by atoms with Crippen molar-refractivity contribution in [3.8, 4) is 0 Å². The van der Waals surface area contributed by atoms with E-state index in [0.717, 1.165) is 16.5 Å². The predicted octanol–water partition coefficient (Wildman–Crippen LogP) is 2.09. The van der Waals surface area contributed by atoms with Gasteiger partial charge in [0, 0.05) is 29.4 Å². The number of hydrogen-bond donors (Lipinski definition) is 2. The minimum Gasteiger partial charge on any atom is -0.464 e. The van der Waals surface area contributed by atoms with Crippen LogP contribution in [0.2, 0.25) is 0 Å². The third-order valence-corrected chi connectivity index (χ3v) is 4.57. The molecule has 8 nitrogen and oxygen atoms in total. The second-order valence-electron chi connectivity index (χ2n) is 6.16. The highest BCUT2D eigenvalue weighted by Crippen LogP contribution is 2.39. The zero-order valence-corrected chi connectivity index (χ0v) is 14.1. The van der Waals surface area contributed by atoms with Crippen molar-refractivity contribution in [1.82, 2.24) is 10.2 Å². The molecule has 0 bridgehead atoms. The van der Waals surface area contributed by atoms with Crippen LogP contribution in [0.1, 0.15) is 39.5 Å². The lowest BCUT2D eigenvalue weighted by molar-refractivity contribution is -0.116. The van der Waals surface area contributed by atoms with Crippen molar-refractivity contribution in [2.24, 2.45) is 0 Å². The number of H-pyrrole nitrogens is 1. The molecule has 0 fully saturated rings. The third-order valence-electron chi connectivity index (χ3n) is 4.57. The largest absolute Gasteiger partial charge is 0.464 e. The first-order valence-electron chi connectivity index (χ1n) is 7.98. The number of benzene rings is 1. The van der Waals surface area contributed by atoms with Crippen molar-refractivity contribution < 1.29 is 18.7 Å². The van der Waals surface area contributed by atoms with Crippen LogP contribution in [0.15, 0.2) is 33.5 Å². The monoisotopic (exact) mass is 353 g/mol. The standard InChI is InChI=1S/C18H15N3O5/c1-8-5-14(23)26-12-6-9(3-4-10(8)12)11-7-13(22)19-17-15(11)16(20-21-17)18(24)25-2/h3-6,11H,7H2,1-2H3,(H2,19,20,21,22)/t11-/m0/s1. The van der Waals surface area contributed by atoms with Gasteiger partial charge in [-0.15, -0.1) is 0 Å². The maximum absolute atomic E-state index is 12.1. The molecule has 0 unspecified atom stereocenters. The van der Waals surface area contributed by atoms with Gasteiger partial charge in [-0.25, -0.2) is 9.59 Å². The Bertz CT molecular complexity index is 1110. The Morgan fingerprint density at radius 1 is 1.31 bits per heavy atom. The van der Waals surface area contributed by atoms with Gasteiger partial charge in [-0.05, 0) is 24.1 Å². The number of ether oxygens (including phenoxy) is 1. The Morgan fingerprint density at radius 2 is 2.12 bits per heavy atom. The topological polar surface area (TPSA) is 114 Å². The van der Waals surface area contributed by atoms with E-state index >= 15 is 0 Å². The number of rotatable bonds is 2. The SMILES string of the molecule is COC(=O)c1[nH]nc2c1[C@H](c1ccc3c(C)cc(=O)oc3c1)CC(=O)N2. The van der Waals surface area contributed by atoms with Gasteiger partial charge >= 0.3 is 11.6 Å². The summed E-state index contributed by atoms with van der Waals surface area (Å²) in [5.74, 6) is -0.890. The van der Waals surface area contributed by atoms with Gasteiger partial charge in [0.05, 0.1) is 7.11 Å². The van der Waals surface area contributed by atoms with E-state index in [1.165, 1.54) is 13.2 Å². The Labute approximate surface area is 147 Å². The molecule has 2 aromatic heterocycles. The maximum Gasteiger partial charge on any atom is 0.356 e. The highest BCUT2D eigenvalue weighted by Gasteiger charge is 2.34. The fourth-order valence-corrected chi connectivity index (χ4v) is 3.36. The normalized spacial score (nSPS) is 16.2. The molecule has 3 heterocycles. The average molecular weight is 353 g/mol. The minimum absolute atomic E-state index is 0.137. The quantitative estimate of drug-likeness (QED) is 0.538. The lowest BCUT2D eigenvalue weighted by Gasteiger charge is -2.23. The summed E-state index contributed by atoms with van der Waals surface area (Å²) in [5, 5.41) is 10.1.